The molecule has 0 bridgehead atoms. The molecule has 1 aromatic carbocycles. The van der Waals surface area contributed by atoms with E-state index < -0.39 is 5.97 Å². The molecular weight excluding hydrogens is 182 g/mol. The summed E-state index contributed by atoms with van der Waals surface area (Å²) in [5.74, 6) is -0.783. The number of carbonyl (C=O) groups excluding carboxylic acids is 1. The van der Waals surface area contributed by atoms with Crippen LogP contribution in [0.25, 0.3) is 0 Å². The monoisotopic (exact) mass is 195 g/mol. The van der Waals surface area contributed by atoms with E-state index in [0.717, 1.165) is 11.1 Å². The van der Waals surface area contributed by atoms with Gasteiger partial charge in [0.05, 0.1) is 6.42 Å². The normalized spacial score (nSPS) is 8.36. The van der Waals surface area contributed by atoms with Crippen molar-refractivity contribution in [3.05, 3.63) is 35.4 Å². The number of carboxylic acid groups (broad SMARTS) is 1. The van der Waals surface area contributed by atoms with Crippen molar-refractivity contribution in [2.45, 2.75) is 13.3 Å². The van der Waals surface area contributed by atoms with Crippen LogP contribution in [-0.2, 0) is 16.0 Å². The third kappa shape index (κ3) is 5.77. The van der Waals surface area contributed by atoms with E-state index in [9.17, 15) is 4.79 Å². The molecule has 0 saturated carbocycles. The minimum absolute atomic E-state index is 0.111. The molecule has 1 amide bonds. The standard InChI is InChI=1S/C9H10O2.CH3NO/c1-7-2-4-8(5-3-7)6-9(10)11;2-1-3/h2-5H,6H2,1H3,(H,10,11);1H,(H2,2,3). The first-order chi connectivity index (χ1) is 6.60. The number of primary amides is 1. The Kier molecular flexibility index (Phi) is 5.78. The van der Waals surface area contributed by atoms with Gasteiger partial charge < -0.3 is 10.8 Å². The number of benzene rings is 1. The minimum Gasteiger partial charge on any atom is -0.481 e. The molecule has 0 aliphatic rings. The van der Waals surface area contributed by atoms with Crippen LogP contribution >= 0.6 is 0 Å². The van der Waals surface area contributed by atoms with Crippen LogP contribution in [0.2, 0.25) is 0 Å². The molecule has 0 aliphatic heterocycles. The number of hydrogen-bond donors (Lipinski definition) is 2. The maximum Gasteiger partial charge on any atom is 0.307 e. The predicted octanol–water partition coefficient (Wildman–Crippen LogP) is 0.724. The highest BCUT2D eigenvalue weighted by Gasteiger charge is 1.97. The minimum atomic E-state index is -0.783. The number of aryl methyl sites for hydroxylation is 1. The highest BCUT2D eigenvalue weighted by Crippen LogP contribution is 2.03. The highest BCUT2D eigenvalue weighted by atomic mass is 16.4. The predicted molar refractivity (Wildman–Crippen MR) is 52.8 cm³/mol. The van der Waals surface area contributed by atoms with Gasteiger partial charge in [0.2, 0.25) is 6.41 Å². The molecule has 1 aromatic rings. The smallest absolute Gasteiger partial charge is 0.307 e. The summed E-state index contributed by atoms with van der Waals surface area (Å²) < 4.78 is 0. The third-order valence-electron chi connectivity index (χ3n) is 1.48. The van der Waals surface area contributed by atoms with Gasteiger partial charge in [0, 0.05) is 0 Å². The van der Waals surface area contributed by atoms with Crippen LogP contribution < -0.4 is 5.73 Å². The molecule has 0 aromatic heterocycles. The zero-order valence-electron chi connectivity index (χ0n) is 7.93. The van der Waals surface area contributed by atoms with E-state index in [1.807, 2.05) is 31.2 Å². The van der Waals surface area contributed by atoms with Gasteiger partial charge in [-0.2, -0.15) is 0 Å². The first-order valence-electron chi connectivity index (χ1n) is 4.03. The molecule has 0 atom stereocenters. The fraction of sp³-hybridized carbons (Fsp3) is 0.200. The van der Waals surface area contributed by atoms with Crippen molar-refractivity contribution in [1.29, 1.82) is 0 Å². The second kappa shape index (κ2) is 6.65. The van der Waals surface area contributed by atoms with Gasteiger partial charge in [-0.05, 0) is 12.5 Å². The molecule has 4 heteroatoms. The molecule has 4 nitrogen and oxygen atoms in total. The van der Waals surface area contributed by atoms with Gasteiger partial charge in [-0.25, -0.2) is 0 Å². The Labute approximate surface area is 82.4 Å². The Morgan fingerprint density at radius 1 is 1.43 bits per heavy atom. The van der Waals surface area contributed by atoms with E-state index >= 15 is 0 Å². The lowest BCUT2D eigenvalue weighted by atomic mass is 10.1. The van der Waals surface area contributed by atoms with Crippen molar-refractivity contribution in [3.63, 3.8) is 0 Å². The van der Waals surface area contributed by atoms with Crippen molar-refractivity contribution in [2.24, 2.45) is 5.73 Å². The summed E-state index contributed by atoms with van der Waals surface area (Å²) in [5.41, 5.74) is 6.17. The number of hydrogen-bond acceptors (Lipinski definition) is 2. The molecule has 0 unspecified atom stereocenters. The van der Waals surface area contributed by atoms with Crippen LogP contribution in [0.4, 0.5) is 0 Å². The zero-order chi connectivity index (χ0) is 11.0. The van der Waals surface area contributed by atoms with E-state index in [1.54, 1.807) is 0 Å². The van der Waals surface area contributed by atoms with Crippen molar-refractivity contribution in [3.8, 4) is 0 Å². The number of carboxylic acids is 1. The Hall–Kier alpha value is -1.84. The molecule has 3 N–H and O–H groups in total. The molecule has 76 valence electrons. The van der Waals surface area contributed by atoms with E-state index in [0.29, 0.717) is 0 Å². The lowest BCUT2D eigenvalue weighted by Gasteiger charge is -1.96. The topological polar surface area (TPSA) is 80.4 Å². The summed E-state index contributed by atoms with van der Waals surface area (Å²) >= 11 is 0. The average Bonchev–Trinajstić information content (AvgIpc) is 2.09. The van der Waals surface area contributed by atoms with E-state index in [2.05, 4.69) is 5.73 Å². The Balaban J connectivity index is 0.000000500. The van der Waals surface area contributed by atoms with Gasteiger partial charge >= 0.3 is 5.97 Å². The second-order valence-electron chi connectivity index (χ2n) is 2.69. The summed E-state index contributed by atoms with van der Waals surface area (Å²) in [6.07, 6.45) is 0.361. The van der Waals surface area contributed by atoms with Crippen LogP contribution in [-0.4, -0.2) is 17.5 Å². The summed E-state index contributed by atoms with van der Waals surface area (Å²) in [6.45, 7) is 1.98. The van der Waals surface area contributed by atoms with Crippen LogP contribution in [0.15, 0.2) is 24.3 Å². The van der Waals surface area contributed by atoms with Crippen LogP contribution in [0, 0.1) is 6.92 Å². The van der Waals surface area contributed by atoms with Crippen molar-refractivity contribution in [2.75, 3.05) is 0 Å². The van der Waals surface area contributed by atoms with Crippen LogP contribution in [0.1, 0.15) is 11.1 Å². The fourth-order valence-corrected chi connectivity index (χ4v) is 0.881. The SMILES string of the molecule is Cc1ccc(CC(=O)O)cc1.NC=O. The summed E-state index contributed by atoms with van der Waals surface area (Å²) in [6, 6.07) is 7.50. The Morgan fingerprint density at radius 3 is 2.21 bits per heavy atom. The molecule has 14 heavy (non-hydrogen) atoms. The molecule has 0 aliphatic carbocycles. The van der Waals surface area contributed by atoms with Crippen molar-refractivity contribution in [1.82, 2.24) is 0 Å². The zero-order valence-corrected chi connectivity index (χ0v) is 7.93. The first kappa shape index (κ1) is 12.2. The number of amides is 1. The largest absolute Gasteiger partial charge is 0.481 e. The summed E-state index contributed by atoms with van der Waals surface area (Å²) in [5, 5.41) is 8.44. The quantitative estimate of drug-likeness (QED) is 0.682. The maximum absolute atomic E-state index is 10.3. The van der Waals surface area contributed by atoms with E-state index in [-0.39, 0.29) is 12.8 Å². The number of carbonyl (C=O) groups is 2. The average molecular weight is 195 g/mol. The highest BCUT2D eigenvalue weighted by molar-refractivity contribution is 5.70. The van der Waals surface area contributed by atoms with Gasteiger partial charge in [0.1, 0.15) is 0 Å². The lowest BCUT2D eigenvalue weighted by Crippen LogP contribution is -1.99. The molecule has 1 rings (SSSR count). The summed E-state index contributed by atoms with van der Waals surface area (Å²) in [7, 11) is 0. The first-order valence-corrected chi connectivity index (χ1v) is 4.03. The molecule has 0 spiro atoms. The second-order valence-corrected chi connectivity index (χ2v) is 2.69. The van der Waals surface area contributed by atoms with E-state index in [1.165, 1.54) is 0 Å². The molecule has 0 heterocycles. The fourth-order valence-electron chi connectivity index (χ4n) is 0.881. The number of nitrogens with two attached hydrogens (primary N) is 1. The van der Waals surface area contributed by atoms with Gasteiger partial charge in [0.15, 0.2) is 0 Å². The van der Waals surface area contributed by atoms with Crippen molar-refractivity contribution >= 4 is 12.4 Å². The Bertz CT molecular complexity index is 293. The molecular formula is C10H13NO3. The number of aliphatic carboxylic acids is 1. The van der Waals surface area contributed by atoms with Gasteiger partial charge in [-0.15, -0.1) is 0 Å². The van der Waals surface area contributed by atoms with E-state index in [4.69, 9.17) is 9.90 Å². The summed E-state index contributed by atoms with van der Waals surface area (Å²) in [4.78, 5) is 18.8. The molecule has 0 radical (unpaired) electrons. The molecule has 0 saturated heterocycles. The van der Waals surface area contributed by atoms with Gasteiger partial charge in [-0.1, -0.05) is 29.8 Å². The third-order valence-corrected chi connectivity index (χ3v) is 1.48. The number of rotatable bonds is 2. The molecule has 0 fully saturated rings. The lowest BCUT2D eigenvalue weighted by molar-refractivity contribution is -0.136. The Morgan fingerprint density at radius 2 is 1.86 bits per heavy atom. The van der Waals surface area contributed by atoms with Crippen molar-refractivity contribution < 1.29 is 14.7 Å². The van der Waals surface area contributed by atoms with Crippen LogP contribution in [0.3, 0.4) is 0 Å². The van der Waals surface area contributed by atoms with Gasteiger partial charge in [-0.3, -0.25) is 9.59 Å². The van der Waals surface area contributed by atoms with Crippen LogP contribution in [0.5, 0.6) is 0 Å². The van der Waals surface area contributed by atoms with Gasteiger partial charge in [0.25, 0.3) is 0 Å². The maximum atomic E-state index is 10.3.